The molecule has 1 aromatic heterocycles. The van der Waals surface area contributed by atoms with Crippen LogP contribution in [0.4, 0.5) is 5.69 Å². The molecule has 1 aliphatic rings. The van der Waals surface area contributed by atoms with E-state index >= 15 is 0 Å². The monoisotopic (exact) mass is 439 g/mol. The molecule has 1 saturated heterocycles. The molecule has 0 aliphatic carbocycles. The molecule has 156 valence electrons. The number of anilines is 1. The first kappa shape index (κ1) is 20.9. The van der Waals surface area contributed by atoms with Crippen LogP contribution in [-0.2, 0) is 4.79 Å². The smallest absolute Gasteiger partial charge is 0.222 e. The van der Waals surface area contributed by atoms with Crippen molar-refractivity contribution in [1.82, 2.24) is 9.88 Å². The maximum atomic E-state index is 12.6. The number of benzene rings is 2. The van der Waals surface area contributed by atoms with Crippen LogP contribution in [0, 0.1) is 0 Å². The van der Waals surface area contributed by atoms with Crippen LogP contribution in [0.2, 0.25) is 0 Å². The van der Waals surface area contributed by atoms with Gasteiger partial charge in [0.05, 0.1) is 10.2 Å². The topological polar surface area (TPSA) is 53.5 Å². The van der Waals surface area contributed by atoms with Crippen molar-refractivity contribution in [2.24, 2.45) is 0 Å². The number of nitrogens with zero attached hydrogens (tertiary/aromatic N) is 3. The number of amides is 1. The van der Waals surface area contributed by atoms with E-state index in [4.69, 9.17) is 0 Å². The van der Waals surface area contributed by atoms with Crippen molar-refractivity contribution in [2.45, 2.75) is 24.1 Å². The van der Waals surface area contributed by atoms with Gasteiger partial charge in [0.2, 0.25) is 5.91 Å². The zero-order chi connectivity index (χ0) is 20.9. The molecule has 0 N–H and O–H groups in total. The second kappa shape index (κ2) is 9.62. The molecule has 0 spiro atoms. The number of hydrogen-bond donors (Lipinski definition) is 0. The molecule has 1 fully saturated rings. The van der Waals surface area contributed by atoms with Gasteiger partial charge in [0.15, 0.2) is 10.1 Å². The van der Waals surface area contributed by atoms with Crippen LogP contribution in [-0.4, -0.2) is 53.5 Å². The number of aromatic nitrogens is 1. The van der Waals surface area contributed by atoms with E-state index in [1.165, 1.54) is 4.70 Å². The highest BCUT2D eigenvalue weighted by molar-refractivity contribution is 8.01. The van der Waals surface area contributed by atoms with E-state index in [2.05, 4.69) is 16.0 Å². The maximum Gasteiger partial charge on any atom is 0.222 e. The van der Waals surface area contributed by atoms with Gasteiger partial charge in [0.1, 0.15) is 0 Å². The van der Waals surface area contributed by atoms with Crippen LogP contribution in [0.1, 0.15) is 30.1 Å². The fraction of sp³-hybridized carbons (Fsp3) is 0.348. The van der Waals surface area contributed by atoms with E-state index in [0.717, 1.165) is 59.5 Å². The van der Waals surface area contributed by atoms with Crippen molar-refractivity contribution >= 4 is 50.7 Å². The van der Waals surface area contributed by atoms with E-state index < -0.39 is 0 Å². The Labute approximate surface area is 185 Å². The summed E-state index contributed by atoms with van der Waals surface area (Å²) >= 11 is 3.46. The van der Waals surface area contributed by atoms with E-state index in [-0.39, 0.29) is 11.7 Å². The molecule has 1 amide bonds. The lowest BCUT2D eigenvalue weighted by Gasteiger charge is -2.36. The fourth-order valence-corrected chi connectivity index (χ4v) is 5.65. The van der Waals surface area contributed by atoms with Crippen LogP contribution >= 0.6 is 23.1 Å². The summed E-state index contributed by atoms with van der Waals surface area (Å²) in [4.78, 5) is 32.9. The second-order valence-corrected chi connectivity index (χ2v) is 9.74. The highest BCUT2D eigenvalue weighted by Crippen LogP contribution is 2.29. The van der Waals surface area contributed by atoms with Crippen LogP contribution in [0.15, 0.2) is 52.9 Å². The molecule has 7 heteroatoms. The van der Waals surface area contributed by atoms with E-state index in [1.54, 1.807) is 30.0 Å². The van der Waals surface area contributed by atoms with Crippen LogP contribution in [0.5, 0.6) is 0 Å². The summed E-state index contributed by atoms with van der Waals surface area (Å²) < 4.78 is 2.29. The molecule has 0 radical (unpaired) electrons. The molecular weight excluding hydrogens is 414 g/mol. The van der Waals surface area contributed by atoms with Gasteiger partial charge >= 0.3 is 0 Å². The van der Waals surface area contributed by atoms with Crippen molar-refractivity contribution in [2.75, 3.05) is 36.8 Å². The number of piperazine rings is 1. The highest BCUT2D eigenvalue weighted by atomic mass is 32.2. The molecule has 0 saturated carbocycles. The number of hydrogen-bond acceptors (Lipinski definition) is 6. The Kier molecular flexibility index (Phi) is 6.69. The standard InChI is InChI=1S/C23H25N3O2S2/c1-17(27)18-8-10-19(11-9-18)25-12-14-26(15-13-25)22(28)7-4-16-29-23-24-20-5-2-3-6-21(20)30-23/h2-3,5-6,8-11H,4,7,12-16H2,1H3. The number of ketones is 1. The van der Waals surface area contributed by atoms with Crippen LogP contribution < -0.4 is 4.90 Å². The number of rotatable bonds is 7. The molecule has 0 bridgehead atoms. The molecule has 2 aromatic carbocycles. The second-order valence-electron chi connectivity index (χ2n) is 7.37. The quantitative estimate of drug-likeness (QED) is 0.303. The van der Waals surface area contributed by atoms with E-state index in [0.29, 0.717) is 6.42 Å². The minimum absolute atomic E-state index is 0.0817. The number of carbonyl (C=O) groups is 2. The van der Waals surface area contributed by atoms with Crippen molar-refractivity contribution in [3.05, 3.63) is 54.1 Å². The van der Waals surface area contributed by atoms with E-state index in [9.17, 15) is 9.59 Å². The summed E-state index contributed by atoms with van der Waals surface area (Å²) in [6, 6.07) is 15.9. The third kappa shape index (κ3) is 5.02. The molecule has 4 rings (SSSR count). The Morgan fingerprint density at radius 1 is 1.03 bits per heavy atom. The molecule has 30 heavy (non-hydrogen) atoms. The first-order valence-electron chi connectivity index (χ1n) is 10.2. The molecule has 2 heterocycles. The van der Waals surface area contributed by atoms with Crippen molar-refractivity contribution < 1.29 is 9.59 Å². The Bertz CT molecular complexity index is 991. The zero-order valence-corrected chi connectivity index (χ0v) is 18.7. The van der Waals surface area contributed by atoms with Gasteiger partial charge in [-0.1, -0.05) is 23.9 Å². The lowest BCUT2D eigenvalue weighted by atomic mass is 10.1. The number of fused-ring (bicyclic) bond motifs is 1. The largest absolute Gasteiger partial charge is 0.368 e. The number of para-hydroxylation sites is 1. The van der Waals surface area contributed by atoms with Crippen LogP contribution in [0.25, 0.3) is 10.2 Å². The van der Waals surface area contributed by atoms with Crippen LogP contribution in [0.3, 0.4) is 0 Å². The summed E-state index contributed by atoms with van der Waals surface area (Å²) in [5.74, 6) is 1.23. The molecule has 3 aromatic rings. The van der Waals surface area contributed by atoms with Gasteiger partial charge in [0.25, 0.3) is 0 Å². The van der Waals surface area contributed by atoms with Gasteiger partial charge in [0, 0.05) is 49.6 Å². The first-order valence-corrected chi connectivity index (χ1v) is 12.0. The van der Waals surface area contributed by atoms with Gasteiger partial charge in [-0.05, 0) is 49.7 Å². The summed E-state index contributed by atoms with van der Waals surface area (Å²) in [5, 5.41) is 0. The number of thioether (sulfide) groups is 1. The molecule has 0 atom stereocenters. The third-order valence-electron chi connectivity index (χ3n) is 5.31. The average Bonchev–Trinajstić information content (AvgIpc) is 3.19. The lowest BCUT2D eigenvalue weighted by Crippen LogP contribution is -2.48. The fourth-order valence-electron chi connectivity index (χ4n) is 3.57. The zero-order valence-electron chi connectivity index (χ0n) is 17.0. The lowest BCUT2D eigenvalue weighted by molar-refractivity contribution is -0.131. The normalized spacial score (nSPS) is 14.3. The van der Waals surface area contributed by atoms with E-state index in [1.807, 2.05) is 47.4 Å². The number of carbonyl (C=O) groups excluding carboxylic acids is 2. The van der Waals surface area contributed by atoms with Crippen molar-refractivity contribution in [3.8, 4) is 0 Å². The minimum atomic E-state index is 0.0817. The Morgan fingerprint density at radius 3 is 2.47 bits per heavy atom. The Hall–Kier alpha value is -2.38. The Morgan fingerprint density at radius 2 is 1.77 bits per heavy atom. The van der Waals surface area contributed by atoms with Crippen molar-refractivity contribution in [3.63, 3.8) is 0 Å². The Balaban J connectivity index is 1.19. The molecular formula is C23H25N3O2S2. The number of Topliss-reactive ketones (excluding diaryl/α,β-unsaturated/α-hetero) is 1. The minimum Gasteiger partial charge on any atom is -0.368 e. The highest BCUT2D eigenvalue weighted by Gasteiger charge is 2.21. The molecule has 1 aliphatic heterocycles. The van der Waals surface area contributed by atoms with Gasteiger partial charge in [-0.25, -0.2) is 4.98 Å². The summed E-state index contributed by atoms with van der Waals surface area (Å²) in [6.45, 7) is 4.73. The predicted molar refractivity (Wildman–Crippen MR) is 125 cm³/mol. The van der Waals surface area contributed by atoms with Gasteiger partial charge in [-0.3, -0.25) is 9.59 Å². The third-order valence-corrected chi connectivity index (χ3v) is 7.57. The summed E-state index contributed by atoms with van der Waals surface area (Å²) in [7, 11) is 0. The van der Waals surface area contributed by atoms with Gasteiger partial charge in [-0.15, -0.1) is 11.3 Å². The van der Waals surface area contributed by atoms with Gasteiger partial charge < -0.3 is 9.80 Å². The first-order chi connectivity index (χ1) is 14.6. The molecule has 0 unspecified atom stereocenters. The number of thiazole rings is 1. The summed E-state index contributed by atoms with van der Waals surface area (Å²) in [5.41, 5.74) is 2.89. The summed E-state index contributed by atoms with van der Waals surface area (Å²) in [6.07, 6.45) is 1.46. The molecule has 5 nitrogen and oxygen atoms in total. The van der Waals surface area contributed by atoms with Gasteiger partial charge in [-0.2, -0.15) is 0 Å². The average molecular weight is 440 g/mol. The SMILES string of the molecule is CC(=O)c1ccc(N2CCN(C(=O)CCCSc3nc4ccccc4s3)CC2)cc1. The van der Waals surface area contributed by atoms with Crippen molar-refractivity contribution in [1.29, 1.82) is 0 Å². The maximum absolute atomic E-state index is 12.6. The predicted octanol–water partition coefficient (Wildman–Crippen LogP) is 4.72.